The second-order valence-corrected chi connectivity index (χ2v) is 8.72. The van der Waals surface area contributed by atoms with Crippen molar-refractivity contribution in [2.75, 3.05) is 0 Å². The van der Waals surface area contributed by atoms with Crippen molar-refractivity contribution in [1.29, 1.82) is 0 Å². The number of Topliss-reactive ketones (excluding diaryl/α,β-unsaturated/α-hetero) is 1. The Morgan fingerprint density at radius 1 is 1.10 bits per heavy atom. The van der Waals surface area contributed by atoms with Crippen molar-refractivity contribution in [3.8, 4) is 0 Å². The fourth-order valence-electron chi connectivity index (χ4n) is 3.81. The summed E-state index contributed by atoms with van der Waals surface area (Å²) in [6.07, 6.45) is 19.1. The Kier molecular flexibility index (Phi) is 10.8. The Hall–Kier alpha value is -1.97. The van der Waals surface area contributed by atoms with E-state index in [0.29, 0.717) is 6.42 Å². The number of hydrogen-bond donors (Lipinski definition) is 0. The van der Waals surface area contributed by atoms with Gasteiger partial charge < -0.3 is 0 Å². The van der Waals surface area contributed by atoms with Crippen LogP contribution in [0.1, 0.15) is 83.6 Å². The molecule has 3 nitrogen and oxygen atoms in total. The van der Waals surface area contributed by atoms with Crippen molar-refractivity contribution in [2.45, 2.75) is 89.8 Å². The second-order valence-electron chi connectivity index (χ2n) is 8.72. The molecule has 0 aromatic heterocycles. The summed E-state index contributed by atoms with van der Waals surface area (Å²) in [7, 11) is 0. The number of allylic oxidation sites excluding steroid dienone is 3. The highest BCUT2D eigenvalue weighted by Gasteiger charge is 2.36. The zero-order chi connectivity index (χ0) is 21.7. The van der Waals surface area contributed by atoms with Gasteiger partial charge in [0.2, 0.25) is 0 Å². The van der Waals surface area contributed by atoms with Gasteiger partial charge >= 0.3 is 0 Å². The summed E-state index contributed by atoms with van der Waals surface area (Å²) >= 11 is 0. The van der Waals surface area contributed by atoms with Gasteiger partial charge in [-0.05, 0) is 44.2 Å². The molecule has 3 heteroatoms. The molecule has 1 aliphatic rings. The van der Waals surface area contributed by atoms with Gasteiger partial charge in [-0.1, -0.05) is 93.3 Å². The molecular weight excluding hydrogens is 372 g/mol. The third-order valence-electron chi connectivity index (χ3n) is 5.56. The molecule has 164 valence electrons. The van der Waals surface area contributed by atoms with Crippen LogP contribution < -0.4 is 0 Å². The standard InChI is InChI=1S/C27H38O3/c1-23-22-27(3,30-29-26(23)21-24(2)28)20-16-11-9-7-5-4-6-8-10-13-17-25-18-14-12-15-19-25/h8,10,12-15,17-19,26H,1,4-7,9,11,16,20-22H2,2-3H3. The predicted molar refractivity (Wildman–Crippen MR) is 125 cm³/mol. The summed E-state index contributed by atoms with van der Waals surface area (Å²) in [5.74, 6) is 0.104. The average Bonchev–Trinajstić information content (AvgIpc) is 2.71. The van der Waals surface area contributed by atoms with Gasteiger partial charge in [0.15, 0.2) is 0 Å². The first-order chi connectivity index (χ1) is 14.5. The van der Waals surface area contributed by atoms with E-state index in [0.717, 1.165) is 31.3 Å². The van der Waals surface area contributed by atoms with E-state index in [9.17, 15) is 4.79 Å². The predicted octanol–water partition coefficient (Wildman–Crippen LogP) is 7.39. The molecule has 1 fully saturated rings. The Morgan fingerprint density at radius 2 is 1.80 bits per heavy atom. The number of benzene rings is 1. The fraction of sp³-hybridized carbons (Fsp3) is 0.519. The highest BCUT2D eigenvalue weighted by atomic mass is 17.2. The van der Waals surface area contributed by atoms with Crippen LogP contribution in [0.2, 0.25) is 0 Å². The zero-order valence-electron chi connectivity index (χ0n) is 18.8. The van der Waals surface area contributed by atoms with Crippen LogP contribution in [-0.2, 0) is 14.6 Å². The molecule has 0 radical (unpaired) electrons. The number of carbonyl (C=O) groups excluding carboxylic acids is 1. The van der Waals surface area contributed by atoms with E-state index in [4.69, 9.17) is 9.78 Å². The first kappa shape index (κ1) is 24.3. The van der Waals surface area contributed by atoms with Gasteiger partial charge in [-0.25, -0.2) is 9.78 Å². The molecule has 0 aliphatic carbocycles. The maximum absolute atomic E-state index is 11.3. The lowest BCUT2D eigenvalue weighted by Gasteiger charge is -2.37. The molecular formula is C27H38O3. The van der Waals surface area contributed by atoms with Crippen molar-refractivity contribution in [3.63, 3.8) is 0 Å². The highest BCUT2D eigenvalue weighted by Crippen LogP contribution is 2.35. The molecule has 1 aliphatic heterocycles. The second kappa shape index (κ2) is 13.4. The first-order valence-electron chi connectivity index (χ1n) is 11.4. The Labute approximate surface area is 182 Å². The van der Waals surface area contributed by atoms with Crippen molar-refractivity contribution in [3.05, 3.63) is 66.3 Å². The highest BCUT2D eigenvalue weighted by molar-refractivity contribution is 5.76. The lowest BCUT2D eigenvalue weighted by Crippen LogP contribution is -2.39. The summed E-state index contributed by atoms with van der Waals surface area (Å²) in [4.78, 5) is 22.4. The summed E-state index contributed by atoms with van der Waals surface area (Å²) in [5, 5.41) is 0. The van der Waals surface area contributed by atoms with E-state index >= 15 is 0 Å². The summed E-state index contributed by atoms with van der Waals surface area (Å²) in [6.45, 7) is 7.75. The Morgan fingerprint density at radius 3 is 2.50 bits per heavy atom. The van der Waals surface area contributed by atoms with Crippen LogP contribution >= 0.6 is 0 Å². The van der Waals surface area contributed by atoms with Gasteiger partial charge in [0.25, 0.3) is 0 Å². The topological polar surface area (TPSA) is 35.5 Å². The van der Waals surface area contributed by atoms with E-state index in [1.807, 2.05) is 6.07 Å². The van der Waals surface area contributed by atoms with Crippen LogP contribution in [0.15, 0.2) is 60.7 Å². The Balaban J connectivity index is 1.47. The van der Waals surface area contributed by atoms with Gasteiger partial charge in [0.05, 0.1) is 0 Å². The van der Waals surface area contributed by atoms with E-state index in [1.54, 1.807) is 6.92 Å². The normalized spacial score (nSPS) is 22.2. The number of rotatable bonds is 13. The van der Waals surface area contributed by atoms with Gasteiger partial charge in [0.1, 0.15) is 17.5 Å². The van der Waals surface area contributed by atoms with E-state index in [-0.39, 0.29) is 17.5 Å². The van der Waals surface area contributed by atoms with Crippen molar-refractivity contribution < 1.29 is 14.6 Å². The molecule has 0 amide bonds. The molecule has 0 spiro atoms. The zero-order valence-corrected chi connectivity index (χ0v) is 18.8. The van der Waals surface area contributed by atoms with Crippen LogP contribution in [0.25, 0.3) is 6.08 Å². The molecule has 0 bridgehead atoms. The van der Waals surface area contributed by atoms with Gasteiger partial charge in [-0.2, -0.15) is 0 Å². The first-order valence-corrected chi connectivity index (χ1v) is 11.4. The Bertz CT molecular complexity index is 704. The minimum absolute atomic E-state index is 0.104. The molecule has 1 saturated heterocycles. The third-order valence-corrected chi connectivity index (χ3v) is 5.56. The van der Waals surface area contributed by atoms with Gasteiger partial charge in [0, 0.05) is 12.8 Å². The van der Waals surface area contributed by atoms with Crippen molar-refractivity contribution in [1.82, 2.24) is 0 Å². The molecule has 0 saturated carbocycles. The monoisotopic (exact) mass is 410 g/mol. The molecule has 2 rings (SSSR count). The maximum atomic E-state index is 11.3. The minimum atomic E-state index is -0.303. The van der Waals surface area contributed by atoms with Crippen molar-refractivity contribution >= 4 is 11.9 Å². The minimum Gasteiger partial charge on any atom is -0.300 e. The molecule has 30 heavy (non-hydrogen) atoms. The number of unbranched alkanes of at least 4 members (excludes halogenated alkanes) is 6. The fourth-order valence-corrected chi connectivity index (χ4v) is 3.81. The van der Waals surface area contributed by atoms with E-state index < -0.39 is 0 Å². The average molecular weight is 411 g/mol. The van der Waals surface area contributed by atoms with Crippen LogP contribution in [0.3, 0.4) is 0 Å². The number of ketones is 1. The summed E-state index contributed by atoms with van der Waals surface area (Å²) < 4.78 is 0. The van der Waals surface area contributed by atoms with Crippen LogP contribution in [-0.4, -0.2) is 17.5 Å². The molecule has 0 N–H and O–H groups in total. The smallest absolute Gasteiger partial charge is 0.132 e. The van der Waals surface area contributed by atoms with Crippen LogP contribution in [0, 0.1) is 0 Å². The molecule has 1 aromatic carbocycles. The molecule has 2 atom stereocenters. The summed E-state index contributed by atoms with van der Waals surface area (Å²) in [6, 6.07) is 10.4. The van der Waals surface area contributed by atoms with Crippen molar-refractivity contribution in [2.24, 2.45) is 0 Å². The molecule has 1 heterocycles. The lowest BCUT2D eigenvalue weighted by atomic mass is 9.87. The quantitative estimate of drug-likeness (QED) is 0.147. The van der Waals surface area contributed by atoms with Gasteiger partial charge in [-0.3, -0.25) is 4.79 Å². The van der Waals surface area contributed by atoms with Crippen LogP contribution in [0.4, 0.5) is 0 Å². The van der Waals surface area contributed by atoms with E-state index in [2.05, 4.69) is 62.1 Å². The molecule has 2 unspecified atom stereocenters. The lowest BCUT2D eigenvalue weighted by molar-refractivity contribution is -0.391. The molecule has 1 aromatic rings. The maximum Gasteiger partial charge on any atom is 0.132 e. The van der Waals surface area contributed by atoms with Crippen LogP contribution in [0.5, 0.6) is 0 Å². The number of hydrogen-bond acceptors (Lipinski definition) is 3. The summed E-state index contributed by atoms with van der Waals surface area (Å²) in [5.41, 5.74) is 1.91. The van der Waals surface area contributed by atoms with Gasteiger partial charge in [-0.15, -0.1) is 0 Å². The number of carbonyl (C=O) groups is 1. The third kappa shape index (κ3) is 9.69. The van der Waals surface area contributed by atoms with E-state index in [1.165, 1.54) is 37.7 Å². The SMILES string of the molecule is C=C1CC(C)(CCCCCCCCC=CC=Cc2ccccc2)OOC1CC(C)=O. The largest absolute Gasteiger partial charge is 0.300 e.